The Morgan fingerprint density at radius 1 is 0.441 bits per heavy atom. The van der Waals surface area contributed by atoms with Crippen LogP contribution in [0.15, 0.2) is 72.9 Å². The van der Waals surface area contributed by atoms with Gasteiger partial charge in [-0.15, -0.1) is 0 Å². The Hall–Kier alpha value is -2.70. The third-order valence-corrected chi connectivity index (χ3v) is 13.0. The van der Waals surface area contributed by atoms with Crippen molar-refractivity contribution >= 4 is 11.9 Å². The highest BCUT2D eigenvalue weighted by molar-refractivity contribution is 5.77. The van der Waals surface area contributed by atoms with Crippen LogP contribution in [0.5, 0.6) is 0 Å². The smallest absolute Gasteiger partial charge is 0.306 e. The van der Waals surface area contributed by atoms with E-state index < -0.39 is 18.2 Å². The molecule has 6 nitrogen and oxygen atoms in total. The SMILES string of the molecule is CC/C=C/C/C=C/C/C=C/CCCCCCC(CC(=O)NC(CO)C(O)CCCCCCCCCCCCCCCCCC)OC(=O)CCCCCCCC/C=C\C/C=C\C/C=C\CCCCC. The van der Waals surface area contributed by atoms with Crippen LogP contribution in [0.4, 0.5) is 0 Å². The monoisotopic (exact) mass is 950 g/mol. The molecule has 0 heterocycles. The van der Waals surface area contributed by atoms with Crippen LogP contribution in [-0.4, -0.2) is 46.9 Å². The molecule has 0 bridgehead atoms. The molecule has 3 N–H and O–H groups in total. The van der Waals surface area contributed by atoms with E-state index in [2.05, 4.69) is 99.0 Å². The van der Waals surface area contributed by atoms with E-state index in [0.717, 1.165) is 109 Å². The van der Waals surface area contributed by atoms with Crippen LogP contribution >= 0.6 is 0 Å². The number of carbonyl (C=O) groups is 2. The molecule has 0 fully saturated rings. The minimum Gasteiger partial charge on any atom is -0.462 e. The largest absolute Gasteiger partial charge is 0.462 e. The topological polar surface area (TPSA) is 95.9 Å². The molecular formula is C62H111NO5. The summed E-state index contributed by atoms with van der Waals surface area (Å²) in [5.41, 5.74) is 0. The molecule has 0 saturated carbocycles. The van der Waals surface area contributed by atoms with E-state index in [-0.39, 0.29) is 24.9 Å². The number of esters is 1. The molecule has 0 aliphatic rings. The third-order valence-electron chi connectivity index (χ3n) is 13.0. The Morgan fingerprint density at radius 3 is 1.24 bits per heavy atom. The molecule has 0 aromatic heterocycles. The molecule has 0 radical (unpaired) electrons. The minimum absolute atomic E-state index is 0.0553. The van der Waals surface area contributed by atoms with Crippen LogP contribution in [0.25, 0.3) is 0 Å². The number of carbonyl (C=O) groups excluding carboxylic acids is 2. The van der Waals surface area contributed by atoms with E-state index in [9.17, 15) is 19.8 Å². The minimum atomic E-state index is -0.800. The fourth-order valence-electron chi connectivity index (χ4n) is 8.63. The summed E-state index contributed by atoms with van der Waals surface area (Å²) in [6.07, 6.45) is 71.1. The zero-order valence-corrected chi connectivity index (χ0v) is 45.0. The van der Waals surface area contributed by atoms with Gasteiger partial charge in [0.2, 0.25) is 5.91 Å². The van der Waals surface area contributed by atoms with Gasteiger partial charge in [0.15, 0.2) is 0 Å². The molecule has 0 spiro atoms. The zero-order chi connectivity index (χ0) is 49.5. The normalized spacial score (nSPS) is 13.7. The maximum Gasteiger partial charge on any atom is 0.306 e. The van der Waals surface area contributed by atoms with Crippen LogP contribution in [0, 0.1) is 0 Å². The molecule has 68 heavy (non-hydrogen) atoms. The second-order valence-electron chi connectivity index (χ2n) is 19.7. The van der Waals surface area contributed by atoms with Gasteiger partial charge in [0.05, 0.1) is 25.2 Å². The van der Waals surface area contributed by atoms with Crippen LogP contribution in [0.2, 0.25) is 0 Å². The number of aliphatic hydroxyl groups excluding tert-OH is 2. The number of unbranched alkanes of at least 4 members (excludes halogenated alkanes) is 28. The van der Waals surface area contributed by atoms with Crippen molar-refractivity contribution < 1.29 is 24.5 Å². The maximum absolute atomic E-state index is 13.3. The average molecular weight is 951 g/mol. The molecule has 0 aromatic rings. The summed E-state index contributed by atoms with van der Waals surface area (Å²) in [5, 5.41) is 23.9. The molecule has 6 heteroatoms. The molecule has 0 aliphatic carbocycles. The predicted molar refractivity (Wildman–Crippen MR) is 296 cm³/mol. The van der Waals surface area contributed by atoms with Crippen molar-refractivity contribution in [2.45, 2.75) is 302 Å². The van der Waals surface area contributed by atoms with Gasteiger partial charge in [-0.3, -0.25) is 9.59 Å². The predicted octanol–water partition coefficient (Wildman–Crippen LogP) is 18.1. The Kier molecular flexibility index (Phi) is 53.0. The first-order valence-corrected chi connectivity index (χ1v) is 29.2. The van der Waals surface area contributed by atoms with Gasteiger partial charge in [-0.2, -0.15) is 0 Å². The summed E-state index contributed by atoms with van der Waals surface area (Å²) in [4.78, 5) is 26.3. The number of hydrogen-bond donors (Lipinski definition) is 3. The lowest BCUT2D eigenvalue weighted by molar-refractivity contribution is -0.151. The van der Waals surface area contributed by atoms with Gasteiger partial charge in [0, 0.05) is 6.42 Å². The number of nitrogens with one attached hydrogen (secondary N) is 1. The fraction of sp³-hybridized carbons (Fsp3) is 0.774. The van der Waals surface area contributed by atoms with E-state index in [1.54, 1.807) is 0 Å². The number of allylic oxidation sites excluding steroid dienone is 12. The number of ether oxygens (including phenoxy) is 1. The zero-order valence-electron chi connectivity index (χ0n) is 45.0. The van der Waals surface area contributed by atoms with Crippen molar-refractivity contribution in [2.75, 3.05) is 6.61 Å². The van der Waals surface area contributed by atoms with Crippen LogP contribution in [0.3, 0.4) is 0 Å². The Bertz CT molecular complexity index is 1250. The first-order valence-electron chi connectivity index (χ1n) is 29.2. The Morgan fingerprint density at radius 2 is 0.794 bits per heavy atom. The molecule has 3 atom stereocenters. The van der Waals surface area contributed by atoms with Gasteiger partial charge in [0.25, 0.3) is 0 Å². The van der Waals surface area contributed by atoms with Crippen molar-refractivity contribution in [1.82, 2.24) is 5.32 Å². The average Bonchev–Trinajstić information content (AvgIpc) is 3.33. The van der Waals surface area contributed by atoms with E-state index in [1.807, 2.05) is 0 Å². The quantitative estimate of drug-likeness (QED) is 0.0321. The number of rotatable bonds is 52. The van der Waals surface area contributed by atoms with Crippen LogP contribution in [0.1, 0.15) is 284 Å². The number of aliphatic hydroxyl groups is 2. The first-order chi connectivity index (χ1) is 33.5. The molecule has 0 aliphatic heterocycles. The Balaban J connectivity index is 4.58. The highest BCUT2D eigenvalue weighted by Gasteiger charge is 2.24. The lowest BCUT2D eigenvalue weighted by Crippen LogP contribution is -2.46. The lowest BCUT2D eigenvalue weighted by atomic mass is 10.0. The Labute approximate surface area is 421 Å². The van der Waals surface area contributed by atoms with Gasteiger partial charge in [0.1, 0.15) is 6.10 Å². The van der Waals surface area contributed by atoms with E-state index in [1.165, 1.54) is 128 Å². The summed E-state index contributed by atoms with van der Waals surface area (Å²) in [6, 6.07) is -0.716. The second-order valence-corrected chi connectivity index (χ2v) is 19.7. The maximum atomic E-state index is 13.3. The number of amides is 1. The fourth-order valence-corrected chi connectivity index (χ4v) is 8.63. The molecule has 394 valence electrons. The highest BCUT2D eigenvalue weighted by atomic mass is 16.5. The van der Waals surface area contributed by atoms with Gasteiger partial charge < -0.3 is 20.3 Å². The van der Waals surface area contributed by atoms with Gasteiger partial charge in [-0.25, -0.2) is 0 Å². The summed E-state index contributed by atoms with van der Waals surface area (Å²) >= 11 is 0. The highest BCUT2D eigenvalue weighted by Crippen LogP contribution is 2.18. The molecule has 0 aromatic carbocycles. The molecule has 0 rings (SSSR count). The van der Waals surface area contributed by atoms with Crippen LogP contribution < -0.4 is 5.32 Å². The van der Waals surface area contributed by atoms with Crippen molar-refractivity contribution in [1.29, 1.82) is 0 Å². The van der Waals surface area contributed by atoms with Crippen molar-refractivity contribution in [2.24, 2.45) is 0 Å². The van der Waals surface area contributed by atoms with Crippen molar-refractivity contribution in [3.63, 3.8) is 0 Å². The molecule has 0 saturated heterocycles. The standard InChI is InChI=1S/C62H111NO5/c1-4-7-10-13-16-19-22-25-28-30-31-32-34-37-40-43-46-49-52-55-62(67)68-58(53-50-47-44-41-38-35-27-24-21-18-15-12-9-6-3)56-61(66)63-59(57-64)60(65)54-51-48-45-42-39-36-33-29-26-23-20-17-14-11-8-5-2/h9,12,16,18-19,21,25,27-28,31-32,35,58-60,64-65H,4-8,10-11,13-15,17,20,22-24,26,29-30,33-34,36-57H2,1-3H3,(H,63,66)/b12-9+,19-16-,21-18+,28-25-,32-31-,35-27+. The van der Waals surface area contributed by atoms with Crippen molar-refractivity contribution in [3.05, 3.63) is 72.9 Å². The summed E-state index contributed by atoms with van der Waals surface area (Å²) in [6.45, 7) is 6.36. The summed E-state index contributed by atoms with van der Waals surface area (Å²) < 4.78 is 5.95. The third kappa shape index (κ3) is 49.7. The summed E-state index contributed by atoms with van der Waals surface area (Å²) in [5.74, 6) is -0.506. The van der Waals surface area contributed by atoms with E-state index in [4.69, 9.17) is 4.74 Å². The van der Waals surface area contributed by atoms with E-state index >= 15 is 0 Å². The number of hydrogen-bond acceptors (Lipinski definition) is 5. The molecule has 3 unspecified atom stereocenters. The first kappa shape index (κ1) is 65.3. The van der Waals surface area contributed by atoms with Gasteiger partial charge in [-0.05, 0) is 96.3 Å². The van der Waals surface area contributed by atoms with E-state index in [0.29, 0.717) is 19.3 Å². The lowest BCUT2D eigenvalue weighted by Gasteiger charge is -2.24. The molecular weight excluding hydrogens is 839 g/mol. The second kappa shape index (κ2) is 55.2. The van der Waals surface area contributed by atoms with Gasteiger partial charge in [-0.1, -0.05) is 248 Å². The molecule has 1 amide bonds. The van der Waals surface area contributed by atoms with Gasteiger partial charge >= 0.3 is 5.97 Å². The van der Waals surface area contributed by atoms with Crippen molar-refractivity contribution in [3.8, 4) is 0 Å². The summed E-state index contributed by atoms with van der Waals surface area (Å²) in [7, 11) is 0. The van der Waals surface area contributed by atoms with Crippen LogP contribution in [-0.2, 0) is 14.3 Å².